The van der Waals surface area contributed by atoms with Crippen LogP contribution in [0.2, 0.25) is 0 Å². The fourth-order valence-corrected chi connectivity index (χ4v) is 4.68. The van der Waals surface area contributed by atoms with E-state index in [0.717, 1.165) is 0 Å². The predicted octanol–water partition coefficient (Wildman–Crippen LogP) is -3.84. The van der Waals surface area contributed by atoms with Gasteiger partial charge >= 0.3 is 0 Å². The highest BCUT2D eigenvalue weighted by Gasteiger charge is 2.51. The second-order valence-corrected chi connectivity index (χ2v) is 8.46. The van der Waals surface area contributed by atoms with Crippen molar-refractivity contribution < 1.29 is 54.4 Å². The third kappa shape index (κ3) is 6.28. The number of amides is 1. The number of aliphatic hydroxyl groups excluding tert-OH is 6. The first kappa shape index (κ1) is 27.2. The van der Waals surface area contributed by atoms with Crippen molar-refractivity contribution in [2.75, 3.05) is 33.1 Å². The summed E-state index contributed by atoms with van der Waals surface area (Å²) in [4.78, 5) is 15.7. The lowest BCUT2D eigenvalue weighted by atomic mass is 9.96. The van der Waals surface area contributed by atoms with E-state index in [4.69, 9.17) is 18.9 Å². The molecular formula is C18H32N2O11S. The summed E-state index contributed by atoms with van der Waals surface area (Å²) >= 11 is 1.17. The van der Waals surface area contributed by atoms with Crippen LogP contribution in [0, 0.1) is 0 Å². The average Bonchev–Trinajstić information content (AvgIpc) is 2.77. The van der Waals surface area contributed by atoms with Crippen LogP contribution in [0.5, 0.6) is 0 Å². The predicted molar refractivity (Wildman–Crippen MR) is 111 cm³/mol. The van der Waals surface area contributed by atoms with E-state index < -0.39 is 79.6 Å². The van der Waals surface area contributed by atoms with Gasteiger partial charge in [-0.1, -0.05) is 0 Å². The number of carbonyl (C=O) groups excluding carboxylic acids is 1. The van der Waals surface area contributed by atoms with E-state index in [1.807, 2.05) is 0 Å². The highest BCUT2D eigenvalue weighted by Crippen LogP contribution is 2.33. The Hall–Kier alpha value is -1.07. The zero-order valence-corrected chi connectivity index (χ0v) is 18.8. The molecule has 2 aliphatic heterocycles. The number of rotatable bonds is 8. The lowest BCUT2D eigenvalue weighted by Gasteiger charge is -2.47. The molecule has 2 saturated heterocycles. The fourth-order valence-electron chi connectivity index (χ4n) is 3.47. The Kier molecular flexibility index (Phi) is 10.5. The standard InChI is InChI=1S/C18H32N2O11S/c1-7(23)20-11-13(25)16(9(5-22)30-18(11)32-6-10(19-2)28-3)31-17-15(27)14(26)12(24)8(4-21)29-17/h8-9,11-18,21-22,24-27H,4-6H2,1-3H3,(H,20,23). The van der Waals surface area contributed by atoms with E-state index >= 15 is 0 Å². The normalized spacial score (nSPS) is 40.7. The molecule has 10 atom stereocenters. The molecule has 1 amide bonds. The third-order valence-corrected chi connectivity index (χ3v) is 6.37. The van der Waals surface area contributed by atoms with Gasteiger partial charge in [0.1, 0.15) is 48.2 Å². The van der Waals surface area contributed by atoms with Crippen LogP contribution in [0.3, 0.4) is 0 Å². The topological polar surface area (TPSA) is 200 Å². The summed E-state index contributed by atoms with van der Waals surface area (Å²) in [6, 6.07) is -0.981. The van der Waals surface area contributed by atoms with Gasteiger partial charge < -0.3 is 54.9 Å². The molecule has 14 heteroatoms. The highest BCUT2D eigenvalue weighted by molar-refractivity contribution is 8.00. The molecule has 0 radical (unpaired) electrons. The number of aliphatic imine (C=N–C) groups is 1. The number of nitrogens with zero attached hydrogens (tertiary/aromatic N) is 1. The quantitative estimate of drug-likeness (QED) is 0.131. The van der Waals surface area contributed by atoms with Gasteiger partial charge in [0.05, 0.1) is 32.1 Å². The Morgan fingerprint density at radius 1 is 1.03 bits per heavy atom. The molecule has 0 aromatic rings. The first-order chi connectivity index (χ1) is 15.2. The maximum atomic E-state index is 11.7. The summed E-state index contributed by atoms with van der Waals surface area (Å²) < 4.78 is 21.9. The van der Waals surface area contributed by atoms with Crippen LogP contribution in [-0.4, -0.2) is 136 Å². The molecule has 0 aliphatic carbocycles. The van der Waals surface area contributed by atoms with E-state index in [0.29, 0.717) is 5.90 Å². The molecule has 0 saturated carbocycles. The zero-order valence-electron chi connectivity index (χ0n) is 18.0. The highest BCUT2D eigenvalue weighted by atomic mass is 32.2. The summed E-state index contributed by atoms with van der Waals surface area (Å²) in [5.41, 5.74) is -0.812. The molecule has 32 heavy (non-hydrogen) atoms. The molecule has 186 valence electrons. The molecule has 2 aliphatic rings. The van der Waals surface area contributed by atoms with E-state index in [1.54, 1.807) is 7.05 Å². The molecule has 10 unspecified atom stereocenters. The van der Waals surface area contributed by atoms with E-state index in [1.165, 1.54) is 25.8 Å². The summed E-state index contributed by atoms with van der Waals surface area (Å²) in [5.74, 6) is 0.208. The minimum absolute atomic E-state index is 0.261. The van der Waals surface area contributed by atoms with Crippen LogP contribution in [0.25, 0.3) is 0 Å². The molecule has 2 heterocycles. The first-order valence-electron chi connectivity index (χ1n) is 9.97. The number of ether oxygens (including phenoxy) is 4. The van der Waals surface area contributed by atoms with Crippen molar-refractivity contribution in [3.63, 3.8) is 0 Å². The molecular weight excluding hydrogens is 452 g/mol. The number of nitrogens with one attached hydrogen (secondary N) is 1. The van der Waals surface area contributed by atoms with Crippen molar-refractivity contribution >= 4 is 23.6 Å². The van der Waals surface area contributed by atoms with Crippen molar-refractivity contribution in [3.05, 3.63) is 0 Å². The van der Waals surface area contributed by atoms with Gasteiger partial charge in [-0.25, -0.2) is 0 Å². The Labute approximate surface area is 189 Å². The monoisotopic (exact) mass is 484 g/mol. The second kappa shape index (κ2) is 12.4. The third-order valence-electron chi connectivity index (χ3n) is 5.22. The zero-order chi connectivity index (χ0) is 24.0. The van der Waals surface area contributed by atoms with Crippen molar-refractivity contribution in [3.8, 4) is 0 Å². The summed E-state index contributed by atoms with van der Waals surface area (Å²) in [6.45, 7) is 0.0160. The van der Waals surface area contributed by atoms with E-state index in [2.05, 4.69) is 10.3 Å². The van der Waals surface area contributed by atoms with Gasteiger partial charge in [-0.3, -0.25) is 9.79 Å². The molecule has 2 rings (SSSR count). The van der Waals surface area contributed by atoms with Gasteiger partial charge in [0.25, 0.3) is 0 Å². The minimum atomic E-state index is -1.71. The first-order valence-corrected chi connectivity index (χ1v) is 11.0. The molecule has 0 aromatic carbocycles. The van der Waals surface area contributed by atoms with Crippen LogP contribution in [0.4, 0.5) is 0 Å². The molecule has 13 nitrogen and oxygen atoms in total. The number of carbonyl (C=O) groups is 1. The SMILES string of the molecule is CN=C(CSC1OC(CO)C(OC2OC(CO)C(O)C(O)C2O)C(O)C1NC(C)=O)OC. The smallest absolute Gasteiger partial charge is 0.217 e. The van der Waals surface area contributed by atoms with Crippen LogP contribution in [0.1, 0.15) is 6.92 Å². The summed E-state index contributed by atoms with van der Waals surface area (Å²) in [6.07, 6.45) is -11.6. The Balaban J connectivity index is 2.21. The summed E-state index contributed by atoms with van der Waals surface area (Å²) in [7, 11) is 2.99. The van der Waals surface area contributed by atoms with E-state index in [9.17, 15) is 35.4 Å². The van der Waals surface area contributed by atoms with Gasteiger partial charge in [0.15, 0.2) is 12.2 Å². The lowest BCUT2D eigenvalue weighted by Crippen LogP contribution is -2.66. The van der Waals surface area contributed by atoms with Crippen molar-refractivity contribution in [2.45, 2.75) is 67.4 Å². The number of hydrogen-bond donors (Lipinski definition) is 7. The largest absolute Gasteiger partial charge is 0.484 e. The van der Waals surface area contributed by atoms with Gasteiger partial charge in [-0.2, -0.15) is 0 Å². The Morgan fingerprint density at radius 2 is 1.69 bits per heavy atom. The van der Waals surface area contributed by atoms with Crippen LogP contribution in [-0.2, 0) is 23.7 Å². The van der Waals surface area contributed by atoms with Crippen molar-refractivity contribution in [2.24, 2.45) is 4.99 Å². The number of thioether (sulfide) groups is 1. The summed E-state index contributed by atoms with van der Waals surface area (Å²) in [5, 5.41) is 62.9. The number of hydrogen-bond acceptors (Lipinski definition) is 13. The number of methoxy groups -OCH3 is 1. The molecule has 0 spiro atoms. The molecule has 0 bridgehead atoms. The van der Waals surface area contributed by atoms with Gasteiger partial charge in [0, 0.05) is 14.0 Å². The van der Waals surface area contributed by atoms with Crippen molar-refractivity contribution in [1.82, 2.24) is 5.32 Å². The second-order valence-electron chi connectivity index (χ2n) is 7.37. The van der Waals surface area contributed by atoms with Crippen LogP contribution in [0.15, 0.2) is 4.99 Å². The fraction of sp³-hybridized carbons (Fsp3) is 0.889. The minimum Gasteiger partial charge on any atom is -0.484 e. The lowest BCUT2D eigenvalue weighted by molar-refractivity contribution is -0.333. The molecule has 2 fully saturated rings. The van der Waals surface area contributed by atoms with E-state index in [-0.39, 0.29) is 5.75 Å². The van der Waals surface area contributed by atoms with Crippen LogP contribution >= 0.6 is 11.8 Å². The van der Waals surface area contributed by atoms with Crippen LogP contribution < -0.4 is 5.32 Å². The Morgan fingerprint density at radius 3 is 2.22 bits per heavy atom. The Bertz CT molecular complexity index is 640. The molecule has 0 aromatic heterocycles. The average molecular weight is 485 g/mol. The van der Waals surface area contributed by atoms with Crippen molar-refractivity contribution in [1.29, 1.82) is 0 Å². The van der Waals surface area contributed by atoms with Gasteiger partial charge in [-0.05, 0) is 0 Å². The van der Waals surface area contributed by atoms with Gasteiger partial charge in [0.2, 0.25) is 5.91 Å². The maximum Gasteiger partial charge on any atom is 0.217 e. The maximum absolute atomic E-state index is 11.7. The number of aliphatic hydroxyl groups is 6. The molecule has 7 N–H and O–H groups in total. The van der Waals surface area contributed by atoms with Gasteiger partial charge in [-0.15, -0.1) is 11.8 Å².